The van der Waals surface area contributed by atoms with Crippen molar-refractivity contribution < 1.29 is 0 Å². The first-order chi connectivity index (χ1) is 28.3. The second kappa shape index (κ2) is 12.5. The molecular weight excluding hydrogens is 691 g/mol. The molecule has 57 heavy (non-hydrogen) atoms. The van der Waals surface area contributed by atoms with E-state index in [0.29, 0.717) is 0 Å². The zero-order chi connectivity index (χ0) is 37.5. The van der Waals surface area contributed by atoms with E-state index in [9.17, 15) is 0 Å². The van der Waals surface area contributed by atoms with Gasteiger partial charge in [0.25, 0.3) is 0 Å². The highest BCUT2D eigenvalue weighted by molar-refractivity contribution is 6.24. The third kappa shape index (κ3) is 4.79. The number of rotatable bonds is 5. The summed E-state index contributed by atoms with van der Waals surface area (Å²) in [6, 6.07) is 77.4. The Balaban J connectivity index is 1.06. The van der Waals surface area contributed by atoms with Crippen molar-refractivity contribution in [3.8, 4) is 39.3 Å². The van der Waals surface area contributed by atoms with Gasteiger partial charge in [-0.3, -0.25) is 0 Å². The van der Waals surface area contributed by atoms with E-state index in [4.69, 9.17) is 0 Å². The van der Waals surface area contributed by atoms with Crippen molar-refractivity contribution in [1.82, 2.24) is 13.7 Å². The van der Waals surface area contributed by atoms with Crippen molar-refractivity contribution in [1.29, 1.82) is 0 Å². The van der Waals surface area contributed by atoms with Crippen LogP contribution in [0.25, 0.3) is 105 Å². The van der Waals surface area contributed by atoms with Gasteiger partial charge in [-0.2, -0.15) is 0 Å². The lowest BCUT2D eigenvalue weighted by molar-refractivity contribution is 1.15. The number of benzene rings is 9. The van der Waals surface area contributed by atoms with Crippen molar-refractivity contribution in [2.45, 2.75) is 0 Å². The summed E-state index contributed by atoms with van der Waals surface area (Å²) >= 11 is 0. The van der Waals surface area contributed by atoms with Gasteiger partial charge < -0.3 is 13.7 Å². The maximum atomic E-state index is 2.47. The van der Waals surface area contributed by atoms with Gasteiger partial charge in [0, 0.05) is 49.4 Å². The maximum absolute atomic E-state index is 2.47. The highest BCUT2D eigenvalue weighted by atomic mass is 15.0. The van der Waals surface area contributed by atoms with Gasteiger partial charge >= 0.3 is 0 Å². The second-order valence-corrected chi connectivity index (χ2v) is 14.9. The fraction of sp³-hybridized carbons (Fsp3) is 0. The molecule has 3 aromatic heterocycles. The molecule has 0 spiro atoms. The summed E-state index contributed by atoms with van der Waals surface area (Å²) in [5, 5.41) is 7.50. The molecular formula is C54H35N3. The second-order valence-electron chi connectivity index (χ2n) is 14.9. The first-order valence-corrected chi connectivity index (χ1v) is 19.6. The Labute approximate surface area is 329 Å². The fourth-order valence-electron chi connectivity index (χ4n) is 9.28. The molecule has 0 saturated heterocycles. The van der Waals surface area contributed by atoms with Gasteiger partial charge in [0.05, 0.1) is 33.1 Å². The summed E-state index contributed by atoms with van der Waals surface area (Å²) in [5.74, 6) is 0. The van der Waals surface area contributed by atoms with Crippen LogP contribution in [0, 0.1) is 0 Å². The maximum Gasteiger partial charge on any atom is 0.0788 e. The molecule has 0 fully saturated rings. The van der Waals surface area contributed by atoms with E-state index >= 15 is 0 Å². The molecule has 0 bridgehead atoms. The minimum absolute atomic E-state index is 1.13. The predicted octanol–water partition coefficient (Wildman–Crippen LogP) is 14.3. The molecule has 12 rings (SSSR count). The molecule has 0 N–H and O–H groups in total. The molecule has 0 radical (unpaired) electrons. The molecule has 12 aromatic rings. The van der Waals surface area contributed by atoms with Gasteiger partial charge in [0.15, 0.2) is 0 Å². The van der Waals surface area contributed by atoms with Gasteiger partial charge in [-0.05, 0) is 82.9 Å². The van der Waals surface area contributed by atoms with Crippen LogP contribution in [0.15, 0.2) is 212 Å². The van der Waals surface area contributed by atoms with Crippen LogP contribution in [0.5, 0.6) is 0 Å². The van der Waals surface area contributed by atoms with E-state index in [1.807, 2.05) is 0 Å². The van der Waals surface area contributed by atoms with Crippen LogP contribution in [-0.4, -0.2) is 13.7 Å². The summed E-state index contributed by atoms with van der Waals surface area (Å²) in [7, 11) is 0. The molecule has 0 amide bonds. The van der Waals surface area contributed by atoms with Crippen LogP contribution < -0.4 is 0 Å². The molecule has 266 valence electrons. The average Bonchev–Trinajstić information content (AvgIpc) is 3.93. The smallest absolute Gasteiger partial charge is 0.0788 e. The zero-order valence-corrected chi connectivity index (χ0v) is 31.0. The average molecular weight is 726 g/mol. The van der Waals surface area contributed by atoms with Crippen LogP contribution in [0.1, 0.15) is 0 Å². The normalized spacial score (nSPS) is 11.9. The van der Waals surface area contributed by atoms with Gasteiger partial charge in [-0.25, -0.2) is 0 Å². The summed E-state index contributed by atoms with van der Waals surface area (Å²) < 4.78 is 7.33. The van der Waals surface area contributed by atoms with Crippen LogP contribution in [0.2, 0.25) is 0 Å². The van der Waals surface area contributed by atoms with E-state index in [2.05, 4.69) is 226 Å². The summed E-state index contributed by atoms with van der Waals surface area (Å²) in [6.07, 6.45) is 0. The van der Waals surface area contributed by atoms with Crippen LogP contribution in [0.4, 0.5) is 0 Å². The van der Waals surface area contributed by atoms with Crippen LogP contribution in [-0.2, 0) is 0 Å². The topological polar surface area (TPSA) is 14.8 Å². The van der Waals surface area contributed by atoms with Crippen molar-refractivity contribution in [2.24, 2.45) is 0 Å². The van der Waals surface area contributed by atoms with Crippen molar-refractivity contribution >= 4 is 65.4 Å². The number of nitrogens with zero attached hydrogens (tertiary/aromatic N) is 3. The first kappa shape index (κ1) is 31.7. The fourth-order valence-corrected chi connectivity index (χ4v) is 9.28. The van der Waals surface area contributed by atoms with Crippen molar-refractivity contribution in [3.05, 3.63) is 212 Å². The van der Waals surface area contributed by atoms with E-state index in [1.54, 1.807) is 0 Å². The molecule has 0 aliphatic carbocycles. The Morgan fingerprint density at radius 2 is 0.561 bits per heavy atom. The highest BCUT2D eigenvalue weighted by Gasteiger charge is 2.21. The van der Waals surface area contributed by atoms with Crippen LogP contribution >= 0.6 is 0 Å². The Morgan fingerprint density at radius 1 is 0.211 bits per heavy atom. The van der Waals surface area contributed by atoms with Gasteiger partial charge in [0.2, 0.25) is 0 Å². The first-order valence-electron chi connectivity index (χ1n) is 19.6. The Morgan fingerprint density at radius 3 is 1.11 bits per heavy atom. The Kier molecular flexibility index (Phi) is 6.93. The SMILES string of the molecule is c1ccc(-c2ccc(-n3c4ccccc4c4ccc5c6ccccc6n(-c6ccc(-c7ccc8c9ccccc9n(-c9ccccc9)c8c7)cc6)c5c43)cc2)cc1. The minimum atomic E-state index is 1.13. The number of fused-ring (bicyclic) bond motifs is 10. The molecule has 0 aliphatic rings. The number of hydrogen-bond donors (Lipinski definition) is 0. The summed E-state index contributed by atoms with van der Waals surface area (Å²) in [5.41, 5.74) is 15.5. The third-order valence-corrected chi connectivity index (χ3v) is 11.8. The van der Waals surface area contributed by atoms with Crippen LogP contribution in [0.3, 0.4) is 0 Å². The Hall–Kier alpha value is -7.62. The highest BCUT2D eigenvalue weighted by Crippen LogP contribution is 2.42. The quantitative estimate of drug-likeness (QED) is 0.168. The largest absolute Gasteiger partial charge is 0.309 e. The lowest BCUT2D eigenvalue weighted by atomic mass is 10.0. The Bertz CT molecular complexity index is 3470. The molecule has 3 heteroatoms. The zero-order valence-electron chi connectivity index (χ0n) is 31.0. The number of para-hydroxylation sites is 4. The molecule has 9 aromatic carbocycles. The van der Waals surface area contributed by atoms with E-state index < -0.39 is 0 Å². The molecule has 3 heterocycles. The standard InChI is InChI=1S/C54H35N3/c1-3-13-36(14-4-1)37-23-28-41(29-24-37)56-50-21-11-8-18-44(50)47-33-34-48-45-19-9-12-22-51(45)57(54(48)53(47)56)42-30-25-38(26-31-42)39-27-32-46-43-17-7-10-20-49(43)55(52(46)35-39)40-15-5-2-6-16-40/h1-35H. The monoisotopic (exact) mass is 725 g/mol. The van der Waals surface area contributed by atoms with E-state index in [1.165, 1.54) is 93.4 Å². The molecule has 0 aliphatic heterocycles. The number of aromatic nitrogens is 3. The lowest BCUT2D eigenvalue weighted by Crippen LogP contribution is -1.99. The van der Waals surface area contributed by atoms with E-state index in [-0.39, 0.29) is 0 Å². The lowest BCUT2D eigenvalue weighted by Gasteiger charge is -2.14. The van der Waals surface area contributed by atoms with Gasteiger partial charge in [0.1, 0.15) is 0 Å². The van der Waals surface area contributed by atoms with Crippen molar-refractivity contribution in [3.63, 3.8) is 0 Å². The predicted molar refractivity (Wildman–Crippen MR) is 240 cm³/mol. The van der Waals surface area contributed by atoms with Crippen molar-refractivity contribution in [2.75, 3.05) is 0 Å². The summed E-state index contributed by atoms with van der Waals surface area (Å²) in [4.78, 5) is 0. The number of hydrogen-bond acceptors (Lipinski definition) is 0. The molecule has 0 saturated carbocycles. The van der Waals surface area contributed by atoms with E-state index in [0.717, 1.165) is 11.4 Å². The van der Waals surface area contributed by atoms with Gasteiger partial charge in [-0.1, -0.05) is 152 Å². The summed E-state index contributed by atoms with van der Waals surface area (Å²) in [6.45, 7) is 0. The molecule has 0 unspecified atom stereocenters. The third-order valence-electron chi connectivity index (χ3n) is 11.8. The van der Waals surface area contributed by atoms with Gasteiger partial charge in [-0.15, -0.1) is 0 Å². The minimum Gasteiger partial charge on any atom is -0.309 e. The molecule has 3 nitrogen and oxygen atoms in total. The molecule has 0 atom stereocenters.